The average molecular weight is 482 g/mol. The molecule has 0 atom stereocenters. The molecule has 7 heteroatoms. The van der Waals surface area contributed by atoms with Crippen molar-refractivity contribution in [1.29, 1.82) is 0 Å². The molecule has 0 heterocycles. The van der Waals surface area contributed by atoms with E-state index in [9.17, 15) is 17.6 Å². The summed E-state index contributed by atoms with van der Waals surface area (Å²) in [5, 5.41) is 17.0. The van der Waals surface area contributed by atoms with Crippen LogP contribution in [0.5, 0.6) is 11.5 Å². The van der Waals surface area contributed by atoms with Gasteiger partial charge in [0.15, 0.2) is 34.8 Å². The number of benzene rings is 2. The van der Waals surface area contributed by atoms with E-state index in [0.29, 0.717) is 0 Å². The van der Waals surface area contributed by atoms with Gasteiger partial charge in [-0.2, -0.15) is 20.9 Å². The molecule has 0 aromatic heterocycles. The van der Waals surface area contributed by atoms with Crippen LogP contribution in [0.2, 0.25) is 0 Å². The first-order chi connectivity index (χ1) is 13.4. The zero-order chi connectivity index (χ0) is 20.8. The Labute approximate surface area is 186 Å². The van der Waals surface area contributed by atoms with Gasteiger partial charge in [-0.3, -0.25) is 12.2 Å². The van der Waals surface area contributed by atoms with Crippen molar-refractivity contribution in [2.24, 2.45) is 0 Å². The number of aromatic hydroxyl groups is 2. The van der Waals surface area contributed by atoms with Crippen LogP contribution < -0.4 is 0 Å². The molecule has 0 saturated heterocycles. The zero-order valence-corrected chi connectivity index (χ0v) is 17.7. The number of phenols is 2. The van der Waals surface area contributed by atoms with Gasteiger partial charge in [0.05, 0.1) is 0 Å². The fourth-order valence-electron chi connectivity index (χ4n) is 1.67. The minimum atomic E-state index is -1.20. The Morgan fingerprint density at radius 2 is 1.03 bits per heavy atom. The van der Waals surface area contributed by atoms with Gasteiger partial charge in [0.2, 0.25) is 0 Å². The summed E-state index contributed by atoms with van der Waals surface area (Å²) in [6.45, 7) is 0. The Balaban J connectivity index is 0.000000369. The van der Waals surface area contributed by atoms with Crippen molar-refractivity contribution in [3.05, 3.63) is 108 Å². The molecule has 2 aromatic carbocycles. The molecule has 2 aliphatic carbocycles. The first-order valence-electron chi connectivity index (χ1n) is 8.13. The molecule has 4 rings (SSSR count). The summed E-state index contributed by atoms with van der Waals surface area (Å²) >= 11 is 0. The standard InChI is InChI=1S/2C6H4F2O.2C5H5.Zr/c2*7-4-2-1-3-5(9)6(4)8;2*1-2-4-5-3-1;/h2*1-3,9H;2*1-3H,4H2;/q;;2*-1;+2. The second-order valence-corrected chi connectivity index (χ2v) is 5.15. The Hall–Kier alpha value is -2.40. The van der Waals surface area contributed by atoms with Crippen LogP contribution in [0.1, 0.15) is 12.8 Å². The van der Waals surface area contributed by atoms with E-state index in [2.05, 4.69) is 24.3 Å². The predicted molar refractivity (Wildman–Crippen MR) is 99.2 cm³/mol. The number of hydrogen-bond acceptors (Lipinski definition) is 2. The maximum Gasteiger partial charge on any atom is 2.00 e. The fraction of sp³-hybridized carbons (Fsp3) is 0.0909. The number of hydrogen-bond donors (Lipinski definition) is 2. The van der Waals surface area contributed by atoms with Crippen molar-refractivity contribution >= 4 is 0 Å². The van der Waals surface area contributed by atoms with Crippen LogP contribution in [0.15, 0.2) is 72.9 Å². The van der Waals surface area contributed by atoms with Crippen molar-refractivity contribution in [3.8, 4) is 11.5 Å². The molecule has 2 aliphatic rings. The van der Waals surface area contributed by atoms with E-state index in [1.54, 1.807) is 0 Å². The van der Waals surface area contributed by atoms with Gasteiger partial charge in [0.25, 0.3) is 0 Å². The summed E-state index contributed by atoms with van der Waals surface area (Å²) in [6.07, 6.45) is 20.0. The Morgan fingerprint density at radius 3 is 1.21 bits per heavy atom. The quantitative estimate of drug-likeness (QED) is 0.361. The Bertz CT molecular complexity index is 730. The number of phenolic OH excluding ortho intramolecular Hbond substituents is 2. The summed E-state index contributed by atoms with van der Waals surface area (Å²) in [7, 11) is 0. The van der Waals surface area contributed by atoms with E-state index >= 15 is 0 Å². The smallest absolute Gasteiger partial charge is 0.505 e. The van der Waals surface area contributed by atoms with E-state index in [1.165, 1.54) is 12.1 Å². The summed E-state index contributed by atoms with van der Waals surface area (Å²) in [4.78, 5) is 0. The van der Waals surface area contributed by atoms with Crippen LogP contribution >= 0.6 is 0 Å². The summed E-state index contributed by atoms with van der Waals surface area (Å²) in [6, 6.07) is 6.50. The van der Waals surface area contributed by atoms with Gasteiger partial charge < -0.3 is 10.2 Å². The van der Waals surface area contributed by atoms with E-state index in [-0.39, 0.29) is 26.2 Å². The molecule has 0 radical (unpaired) electrons. The van der Waals surface area contributed by atoms with Gasteiger partial charge in [-0.1, -0.05) is 12.1 Å². The minimum Gasteiger partial charge on any atom is -0.505 e. The maximum atomic E-state index is 12.1. The monoisotopic (exact) mass is 480 g/mol. The van der Waals surface area contributed by atoms with Crippen molar-refractivity contribution in [1.82, 2.24) is 0 Å². The van der Waals surface area contributed by atoms with E-state index in [4.69, 9.17) is 10.2 Å². The Kier molecular flexibility index (Phi) is 14.2. The number of allylic oxidation sites excluding steroid dienone is 8. The molecule has 2 N–H and O–H groups in total. The molecule has 0 unspecified atom stereocenters. The van der Waals surface area contributed by atoms with E-state index < -0.39 is 34.8 Å². The maximum absolute atomic E-state index is 12.1. The molecule has 0 aliphatic heterocycles. The first kappa shape index (κ1) is 26.6. The Morgan fingerprint density at radius 1 is 0.655 bits per heavy atom. The third kappa shape index (κ3) is 11.3. The predicted octanol–water partition coefficient (Wildman–Crippen LogP) is 5.95. The average Bonchev–Trinajstić information content (AvgIpc) is 3.43. The van der Waals surface area contributed by atoms with Gasteiger partial charge in [-0.15, -0.1) is 12.8 Å². The molecule has 0 saturated carbocycles. The van der Waals surface area contributed by atoms with Crippen LogP contribution in [0.25, 0.3) is 0 Å². The molecule has 29 heavy (non-hydrogen) atoms. The molecule has 2 nitrogen and oxygen atoms in total. The normalized spacial score (nSPS) is 12.0. The molecule has 0 spiro atoms. The first-order valence-corrected chi connectivity index (χ1v) is 8.13. The van der Waals surface area contributed by atoms with E-state index in [1.807, 2.05) is 24.3 Å². The third-order valence-corrected chi connectivity index (χ3v) is 3.03. The van der Waals surface area contributed by atoms with Gasteiger partial charge in [-0.05, 0) is 24.3 Å². The van der Waals surface area contributed by atoms with Crippen LogP contribution in [0.3, 0.4) is 0 Å². The summed E-state index contributed by atoms with van der Waals surface area (Å²) in [5.41, 5.74) is 0. The fourth-order valence-corrected chi connectivity index (χ4v) is 1.67. The van der Waals surface area contributed by atoms with Gasteiger partial charge in [0, 0.05) is 0 Å². The van der Waals surface area contributed by atoms with Crippen LogP contribution in [0.4, 0.5) is 17.6 Å². The molecule has 0 bridgehead atoms. The SMILES string of the molecule is Oc1cccc(F)c1F.Oc1cccc(F)c1F.[C-]1=CC=CC1.[C-]1=CC=CC1.[Zr+2]. The molecule has 0 amide bonds. The van der Waals surface area contributed by atoms with Crippen molar-refractivity contribution < 1.29 is 54.0 Å². The van der Waals surface area contributed by atoms with E-state index in [0.717, 1.165) is 37.1 Å². The summed E-state index contributed by atoms with van der Waals surface area (Å²) < 4.78 is 48.3. The second-order valence-electron chi connectivity index (χ2n) is 5.15. The van der Waals surface area contributed by atoms with Gasteiger partial charge in [-0.25, -0.2) is 33.1 Å². The molecule has 0 fully saturated rings. The van der Waals surface area contributed by atoms with Gasteiger partial charge >= 0.3 is 26.2 Å². The number of halogens is 4. The number of rotatable bonds is 0. The molecular weight excluding hydrogens is 463 g/mol. The minimum absolute atomic E-state index is 0. The molecule has 2 aromatic rings. The van der Waals surface area contributed by atoms with Crippen LogP contribution in [-0.4, -0.2) is 10.2 Å². The van der Waals surface area contributed by atoms with Crippen molar-refractivity contribution in [2.45, 2.75) is 12.8 Å². The van der Waals surface area contributed by atoms with Crippen LogP contribution in [-0.2, 0) is 26.2 Å². The molecular formula is C22H18F4O2Zr. The topological polar surface area (TPSA) is 40.5 Å². The van der Waals surface area contributed by atoms with Crippen molar-refractivity contribution in [2.75, 3.05) is 0 Å². The molecule has 150 valence electrons. The van der Waals surface area contributed by atoms with Gasteiger partial charge in [0.1, 0.15) is 0 Å². The van der Waals surface area contributed by atoms with Crippen LogP contribution in [0, 0.1) is 35.4 Å². The third-order valence-electron chi connectivity index (χ3n) is 3.03. The second kappa shape index (κ2) is 15.5. The zero-order valence-electron chi connectivity index (χ0n) is 15.2. The largest absolute Gasteiger partial charge is 2.00 e. The van der Waals surface area contributed by atoms with Crippen molar-refractivity contribution in [3.63, 3.8) is 0 Å². The summed E-state index contributed by atoms with van der Waals surface area (Å²) in [5.74, 6) is -5.77.